The highest BCUT2D eigenvalue weighted by Crippen LogP contribution is 2.21. The van der Waals surface area contributed by atoms with E-state index in [4.69, 9.17) is 11.6 Å². The van der Waals surface area contributed by atoms with Crippen LogP contribution in [0.1, 0.15) is 27.0 Å². The van der Waals surface area contributed by atoms with Crippen LogP contribution in [0.2, 0.25) is 5.02 Å². The zero-order valence-corrected chi connectivity index (χ0v) is 10.9. The minimum Gasteiger partial charge on any atom is -0.289 e. The molecule has 0 saturated carbocycles. The number of benzene rings is 2. The van der Waals surface area contributed by atoms with Gasteiger partial charge in [-0.3, -0.25) is 4.79 Å². The third-order valence-corrected chi connectivity index (χ3v) is 3.10. The van der Waals surface area contributed by atoms with Crippen LogP contribution >= 0.6 is 11.6 Å². The number of ketones is 1. The third kappa shape index (κ3) is 2.44. The molecule has 0 spiro atoms. The summed E-state index contributed by atoms with van der Waals surface area (Å²) in [4.78, 5) is 12.2. The molecule has 0 aliphatic rings. The number of halogens is 2. The molecule has 0 heterocycles. The second-order valence-corrected chi connectivity index (χ2v) is 4.68. The first-order chi connectivity index (χ1) is 8.49. The first kappa shape index (κ1) is 12.8. The summed E-state index contributed by atoms with van der Waals surface area (Å²) in [6.07, 6.45) is 0. The van der Waals surface area contributed by atoms with Gasteiger partial charge >= 0.3 is 0 Å². The van der Waals surface area contributed by atoms with E-state index in [1.165, 1.54) is 18.2 Å². The van der Waals surface area contributed by atoms with Crippen LogP contribution in [0.25, 0.3) is 0 Å². The monoisotopic (exact) mass is 262 g/mol. The van der Waals surface area contributed by atoms with Gasteiger partial charge in [-0.2, -0.15) is 0 Å². The van der Waals surface area contributed by atoms with E-state index in [-0.39, 0.29) is 11.6 Å². The Labute approximate surface area is 110 Å². The number of carbonyl (C=O) groups is 1. The number of aryl methyl sites for hydroxylation is 2. The lowest BCUT2D eigenvalue weighted by atomic mass is 10.0. The summed E-state index contributed by atoms with van der Waals surface area (Å²) in [5.41, 5.74) is 2.32. The van der Waals surface area contributed by atoms with Gasteiger partial charge in [-0.25, -0.2) is 4.39 Å². The molecule has 0 aliphatic heterocycles. The fourth-order valence-corrected chi connectivity index (χ4v) is 2.07. The molecule has 92 valence electrons. The molecule has 0 bridgehead atoms. The Bertz CT molecular complexity index is 620. The van der Waals surface area contributed by atoms with Crippen LogP contribution < -0.4 is 0 Å². The van der Waals surface area contributed by atoms with Crippen molar-refractivity contribution in [1.82, 2.24) is 0 Å². The summed E-state index contributed by atoms with van der Waals surface area (Å²) in [6.45, 7) is 3.53. The maximum Gasteiger partial charge on any atom is 0.194 e. The van der Waals surface area contributed by atoms with Crippen molar-refractivity contribution in [2.45, 2.75) is 13.8 Å². The Hall–Kier alpha value is -1.67. The van der Waals surface area contributed by atoms with Gasteiger partial charge in [0.05, 0.1) is 5.02 Å². The lowest BCUT2D eigenvalue weighted by Crippen LogP contribution is -2.03. The molecule has 0 fully saturated rings. The maximum absolute atomic E-state index is 13.2. The number of carbonyl (C=O) groups excluding carboxylic acids is 1. The number of hydrogen-bond acceptors (Lipinski definition) is 1. The van der Waals surface area contributed by atoms with E-state index in [0.29, 0.717) is 21.7 Å². The summed E-state index contributed by atoms with van der Waals surface area (Å²) in [5.74, 6) is -0.510. The van der Waals surface area contributed by atoms with Gasteiger partial charge < -0.3 is 0 Å². The third-order valence-electron chi connectivity index (χ3n) is 2.79. The summed E-state index contributed by atoms with van der Waals surface area (Å²) in [6, 6.07) is 9.57. The topological polar surface area (TPSA) is 17.1 Å². The van der Waals surface area contributed by atoms with E-state index >= 15 is 0 Å². The quantitative estimate of drug-likeness (QED) is 0.737. The molecule has 0 unspecified atom stereocenters. The van der Waals surface area contributed by atoms with Gasteiger partial charge in [0, 0.05) is 11.1 Å². The largest absolute Gasteiger partial charge is 0.289 e. The van der Waals surface area contributed by atoms with Crippen LogP contribution in [-0.2, 0) is 0 Å². The highest BCUT2D eigenvalue weighted by molar-refractivity contribution is 6.35. The van der Waals surface area contributed by atoms with Gasteiger partial charge in [-0.1, -0.05) is 17.7 Å². The fourth-order valence-electron chi connectivity index (χ4n) is 1.75. The average Bonchev–Trinajstić information content (AvgIpc) is 2.32. The van der Waals surface area contributed by atoms with E-state index in [0.717, 1.165) is 5.56 Å². The minimum atomic E-state index is -0.318. The van der Waals surface area contributed by atoms with Gasteiger partial charge in [0.25, 0.3) is 0 Å². The maximum atomic E-state index is 13.2. The second kappa shape index (κ2) is 4.91. The Morgan fingerprint density at radius 2 is 1.83 bits per heavy atom. The summed E-state index contributed by atoms with van der Waals surface area (Å²) >= 11 is 6.05. The lowest BCUT2D eigenvalue weighted by molar-refractivity contribution is 0.103. The Morgan fingerprint density at radius 3 is 2.44 bits per heavy atom. The van der Waals surface area contributed by atoms with Gasteiger partial charge in [-0.15, -0.1) is 0 Å². The molecule has 2 rings (SSSR count). The van der Waals surface area contributed by atoms with Crippen molar-refractivity contribution in [1.29, 1.82) is 0 Å². The lowest BCUT2D eigenvalue weighted by Gasteiger charge is -2.06. The molecule has 0 amide bonds. The molecule has 0 N–H and O–H groups in total. The van der Waals surface area contributed by atoms with Crippen LogP contribution in [0.5, 0.6) is 0 Å². The molecular formula is C15H12ClFO. The van der Waals surface area contributed by atoms with Crippen molar-refractivity contribution in [2.24, 2.45) is 0 Å². The van der Waals surface area contributed by atoms with E-state index in [1.54, 1.807) is 19.1 Å². The molecule has 0 atom stereocenters. The normalized spacial score (nSPS) is 10.4. The highest BCUT2D eigenvalue weighted by Gasteiger charge is 2.13. The van der Waals surface area contributed by atoms with E-state index in [2.05, 4.69) is 0 Å². The van der Waals surface area contributed by atoms with Crippen molar-refractivity contribution in [3.63, 3.8) is 0 Å². The van der Waals surface area contributed by atoms with Crippen LogP contribution in [-0.4, -0.2) is 5.78 Å². The van der Waals surface area contributed by atoms with Gasteiger partial charge in [0.15, 0.2) is 5.78 Å². The summed E-state index contributed by atoms with van der Waals surface area (Å²) in [5, 5.41) is 0.418. The molecule has 0 saturated heterocycles. The number of hydrogen-bond donors (Lipinski definition) is 0. The van der Waals surface area contributed by atoms with Crippen LogP contribution in [0.3, 0.4) is 0 Å². The SMILES string of the molecule is Cc1ccc(C(=O)c2ccc(F)c(C)c2)c(Cl)c1. The summed E-state index contributed by atoms with van der Waals surface area (Å²) < 4.78 is 13.2. The molecular weight excluding hydrogens is 251 g/mol. The average molecular weight is 263 g/mol. The van der Waals surface area contributed by atoms with Crippen molar-refractivity contribution in [3.8, 4) is 0 Å². The van der Waals surface area contributed by atoms with Crippen molar-refractivity contribution in [2.75, 3.05) is 0 Å². The molecule has 0 radical (unpaired) electrons. The zero-order chi connectivity index (χ0) is 13.3. The zero-order valence-electron chi connectivity index (χ0n) is 10.1. The highest BCUT2D eigenvalue weighted by atomic mass is 35.5. The standard InChI is InChI=1S/C15H12ClFO/c1-9-3-5-12(13(16)7-9)15(18)11-4-6-14(17)10(2)8-11/h3-8H,1-2H3. The Kier molecular flexibility index (Phi) is 3.48. The molecule has 3 heteroatoms. The Balaban J connectivity index is 2.44. The van der Waals surface area contributed by atoms with Gasteiger partial charge in [0.2, 0.25) is 0 Å². The minimum absolute atomic E-state index is 0.192. The van der Waals surface area contributed by atoms with Crippen molar-refractivity contribution < 1.29 is 9.18 Å². The first-order valence-corrected chi connectivity index (χ1v) is 5.94. The summed E-state index contributed by atoms with van der Waals surface area (Å²) in [7, 11) is 0. The van der Waals surface area contributed by atoms with Crippen LogP contribution in [0, 0.1) is 19.7 Å². The molecule has 2 aromatic rings. The second-order valence-electron chi connectivity index (χ2n) is 4.28. The van der Waals surface area contributed by atoms with E-state index in [1.807, 2.05) is 13.0 Å². The predicted octanol–water partition coefficient (Wildman–Crippen LogP) is 4.33. The molecule has 1 nitrogen and oxygen atoms in total. The Morgan fingerprint density at radius 1 is 1.11 bits per heavy atom. The smallest absolute Gasteiger partial charge is 0.194 e. The molecule has 2 aromatic carbocycles. The fraction of sp³-hybridized carbons (Fsp3) is 0.133. The van der Waals surface area contributed by atoms with Gasteiger partial charge in [-0.05, 0) is 55.3 Å². The van der Waals surface area contributed by atoms with Crippen molar-refractivity contribution in [3.05, 3.63) is 69.5 Å². The van der Waals surface area contributed by atoms with E-state index < -0.39 is 0 Å². The van der Waals surface area contributed by atoms with Crippen molar-refractivity contribution >= 4 is 17.4 Å². The predicted molar refractivity (Wildman–Crippen MR) is 70.8 cm³/mol. The van der Waals surface area contributed by atoms with Gasteiger partial charge in [0.1, 0.15) is 5.82 Å². The molecule has 18 heavy (non-hydrogen) atoms. The molecule has 0 aromatic heterocycles. The molecule has 0 aliphatic carbocycles. The van der Waals surface area contributed by atoms with Crippen LogP contribution in [0.15, 0.2) is 36.4 Å². The van der Waals surface area contributed by atoms with E-state index in [9.17, 15) is 9.18 Å². The first-order valence-electron chi connectivity index (χ1n) is 5.56. The van der Waals surface area contributed by atoms with Crippen LogP contribution in [0.4, 0.5) is 4.39 Å². The number of rotatable bonds is 2.